The van der Waals surface area contributed by atoms with E-state index in [-0.39, 0.29) is 11.4 Å². The zero-order chi connectivity index (χ0) is 13.2. The number of hydrogen-bond donors (Lipinski definition) is 2. The van der Waals surface area contributed by atoms with E-state index in [9.17, 15) is 8.42 Å². The van der Waals surface area contributed by atoms with Gasteiger partial charge in [0, 0.05) is 11.6 Å². The van der Waals surface area contributed by atoms with Crippen molar-refractivity contribution in [3.63, 3.8) is 0 Å². The summed E-state index contributed by atoms with van der Waals surface area (Å²) in [5, 5.41) is 9.62. The van der Waals surface area contributed by atoms with Gasteiger partial charge in [0.05, 0.1) is 11.0 Å². The number of halogens is 1. The first-order chi connectivity index (χ1) is 7.74. The van der Waals surface area contributed by atoms with Gasteiger partial charge in [-0.25, -0.2) is 13.1 Å². The van der Waals surface area contributed by atoms with Gasteiger partial charge >= 0.3 is 0 Å². The van der Waals surface area contributed by atoms with Gasteiger partial charge in [-0.15, -0.1) is 0 Å². The molecule has 0 saturated carbocycles. The number of rotatable bonds is 4. The van der Waals surface area contributed by atoms with Crippen LogP contribution >= 0.6 is 11.6 Å². The number of sulfonamides is 1. The van der Waals surface area contributed by atoms with Gasteiger partial charge in [-0.2, -0.15) is 0 Å². The molecule has 17 heavy (non-hydrogen) atoms. The molecule has 96 valence electrons. The number of aryl methyl sites for hydroxylation is 2. The Kier molecular flexibility index (Phi) is 4.55. The molecule has 0 saturated heterocycles. The zero-order valence-corrected chi connectivity index (χ0v) is 11.6. The fourth-order valence-electron chi connectivity index (χ4n) is 1.35. The Hall–Kier alpha value is -0.620. The molecular weight excluding hydrogens is 262 g/mol. The second kappa shape index (κ2) is 5.35. The molecule has 1 unspecified atom stereocenters. The van der Waals surface area contributed by atoms with E-state index in [0.717, 1.165) is 0 Å². The summed E-state index contributed by atoms with van der Waals surface area (Å²) < 4.78 is 26.3. The van der Waals surface area contributed by atoms with Crippen molar-refractivity contribution in [3.05, 3.63) is 28.3 Å². The number of aliphatic hydroxyl groups excluding tert-OH is 1. The highest BCUT2D eigenvalue weighted by molar-refractivity contribution is 7.89. The zero-order valence-electron chi connectivity index (χ0n) is 9.99. The van der Waals surface area contributed by atoms with E-state index in [4.69, 9.17) is 16.7 Å². The van der Waals surface area contributed by atoms with Gasteiger partial charge in [-0.1, -0.05) is 11.6 Å². The molecule has 1 atom stereocenters. The average molecular weight is 278 g/mol. The van der Waals surface area contributed by atoms with Crippen molar-refractivity contribution < 1.29 is 13.5 Å². The maximum absolute atomic E-state index is 12.0. The first-order valence-electron chi connectivity index (χ1n) is 5.18. The second-order valence-electron chi connectivity index (χ2n) is 4.07. The normalized spacial score (nSPS) is 13.7. The van der Waals surface area contributed by atoms with Crippen LogP contribution in [-0.2, 0) is 10.0 Å². The fourth-order valence-corrected chi connectivity index (χ4v) is 3.00. The lowest BCUT2D eigenvalue weighted by Gasteiger charge is -2.12. The predicted octanol–water partition coefficient (Wildman–Crippen LogP) is 1.62. The van der Waals surface area contributed by atoms with E-state index < -0.39 is 16.1 Å². The SMILES string of the molecule is Cc1cc(S(=O)(=O)NCC(C)O)c(C)cc1Cl. The fraction of sp³-hybridized carbons (Fsp3) is 0.455. The topological polar surface area (TPSA) is 66.4 Å². The largest absolute Gasteiger partial charge is 0.392 e. The maximum Gasteiger partial charge on any atom is 0.240 e. The molecule has 1 aromatic rings. The smallest absolute Gasteiger partial charge is 0.240 e. The first kappa shape index (κ1) is 14.4. The Morgan fingerprint density at radius 2 is 1.94 bits per heavy atom. The van der Waals surface area contributed by atoms with Gasteiger partial charge in [-0.3, -0.25) is 0 Å². The van der Waals surface area contributed by atoms with Gasteiger partial charge in [0.25, 0.3) is 0 Å². The molecule has 0 aliphatic rings. The number of benzene rings is 1. The van der Waals surface area contributed by atoms with Crippen LogP contribution in [0.5, 0.6) is 0 Å². The Morgan fingerprint density at radius 3 is 2.47 bits per heavy atom. The van der Waals surface area contributed by atoms with Crippen LogP contribution in [0.25, 0.3) is 0 Å². The Morgan fingerprint density at radius 1 is 1.35 bits per heavy atom. The number of hydrogen-bond acceptors (Lipinski definition) is 3. The quantitative estimate of drug-likeness (QED) is 0.879. The van der Waals surface area contributed by atoms with Crippen molar-refractivity contribution in [2.75, 3.05) is 6.54 Å². The summed E-state index contributed by atoms with van der Waals surface area (Å²) in [7, 11) is -3.59. The third-order valence-corrected chi connectivity index (χ3v) is 4.29. The second-order valence-corrected chi connectivity index (χ2v) is 6.21. The molecule has 0 bridgehead atoms. The van der Waals surface area contributed by atoms with Crippen LogP contribution in [-0.4, -0.2) is 26.2 Å². The lowest BCUT2D eigenvalue weighted by molar-refractivity contribution is 0.198. The third-order valence-electron chi connectivity index (χ3n) is 2.31. The van der Waals surface area contributed by atoms with E-state index in [1.54, 1.807) is 19.9 Å². The van der Waals surface area contributed by atoms with Crippen molar-refractivity contribution in [2.45, 2.75) is 31.8 Å². The molecule has 1 aromatic carbocycles. The highest BCUT2D eigenvalue weighted by Crippen LogP contribution is 2.23. The van der Waals surface area contributed by atoms with Gasteiger partial charge in [0.2, 0.25) is 10.0 Å². The molecule has 0 aliphatic heterocycles. The molecule has 0 fully saturated rings. The third kappa shape index (κ3) is 3.67. The van der Waals surface area contributed by atoms with E-state index >= 15 is 0 Å². The minimum Gasteiger partial charge on any atom is -0.392 e. The van der Waals surface area contributed by atoms with Crippen molar-refractivity contribution in [1.82, 2.24) is 4.72 Å². The Bertz CT molecular complexity index is 512. The van der Waals surface area contributed by atoms with Crippen LogP contribution in [0.2, 0.25) is 5.02 Å². The molecule has 0 radical (unpaired) electrons. The molecule has 0 heterocycles. The molecule has 0 aliphatic carbocycles. The average Bonchev–Trinajstić information content (AvgIpc) is 2.20. The summed E-state index contributed by atoms with van der Waals surface area (Å²) in [6.45, 7) is 4.93. The van der Waals surface area contributed by atoms with Crippen LogP contribution in [0.15, 0.2) is 17.0 Å². The molecule has 0 amide bonds. The monoisotopic (exact) mass is 277 g/mol. The van der Waals surface area contributed by atoms with E-state index in [1.165, 1.54) is 13.0 Å². The molecule has 1 rings (SSSR count). The van der Waals surface area contributed by atoms with Crippen LogP contribution < -0.4 is 4.72 Å². The van der Waals surface area contributed by atoms with Crippen molar-refractivity contribution >= 4 is 21.6 Å². The van der Waals surface area contributed by atoms with E-state index in [2.05, 4.69) is 4.72 Å². The van der Waals surface area contributed by atoms with E-state index in [0.29, 0.717) is 16.1 Å². The highest BCUT2D eigenvalue weighted by Gasteiger charge is 2.18. The minimum absolute atomic E-state index is 0.0105. The van der Waals surface area contributed by atoms with Crippen LogP contribution in [0.1, 0.15) is 18.1 Å². The van der Waals surface area contributed by atoms with Gasteiger partial charge < -0.3 is 5.11 Å². The summed E-state index contributed by atoms with van der Waals surface area (Å²) in [6, 6.07) is 3.15. The van der Waals surface area contributed by atoms with Crippen LogP contribution in [0.4, 0.5) is 0 Å². The van der Waals surface area contributed by atoms with Crippen molar-refractivity contribution in [1.29, 1.82) is 0 Å². The Labute approximate surface area is 107 Å². The summed E-state index contributed by atoms with van der Waals surface area (Å²) in [6.07, 6.45) is -0.724. The van der Waals surface area contributed by atoms with Crippen molar-refractivity contribution in [2.24, 2.45) is 0 Å². The van der Waals surface area contributed by atoms with E-state index in [1.807, 2.05) is 0 Å². The van der Waals surface area contributed by atoms with Gasteiger partial charge in [-0.05, 0) is 44.0 Å². The maximum atomic E-state index is 12.0. The summed E-state index contributed by atoms with van der Waals surface area (Å²) in [5.74, 6) is 0. The molecule has 2 N–H and O–H groups in total. The minimum atomic E-state index is -3.59. The van der Waals surface area contributed by atoms with Crippen LogP contribution in [0.3, 0.4) is 0 Å². The number of aliphatic hydroxyl groups is 1. The lowest BCUT2D eigenvalue weighted by Crippen LogP contribution is -2.31. The number of nitrogens with one attached hydrogen (secondary N) is 1. The summed E-state index contributed by atoms with van der Waals surface area (Å²) in [5.41, 5.74) is 1.29. The van der Waals surface area contributed by atoms with Gasteiger partial charge in [0.15, 0.2) is 0 Å². The standard InChI is InChI=1S/C11H16ClNO3S/c1-7-5-11(8(2)4-10(7)12)17(15,16)13-6-9(3)14/h4-5,9,13-14H,6H2,1-3H3. The predicted molar refractivity (Wildman–Crippen MR) is 67.8 cm³/mol. The van der Waals surface area contributed by atoms with Crippen molar-refractivity contribution in [3.8, 4) is 0 Å². The molecule has 4 nitrogen and oxygen atoms in total. The van der Waals surface area contributed by atoms with Crippen LogP contribution in [0, 0.1) is 13.8 Å². The first-order valence-corrected chi connectivity index (χ1v) is 7.04. The summed E-state index contributed by atoms with van der Waals surface area (Å²) >= 11 is 5.91. The molecule has 0 spiro atoms. The molecule has 0 aromatic heterocycles. The highest BCUT2D eigenvalue weighted by atomic mass is 35.5. The summed E-state index contributed by atoms with van der Waals surface area (Å²) in [4.78, 5) is 0.194. The molecule has 6 heteroatoms. The van der Waals surface area contributed by atoms with Gasteiger partial charge in [0.1, 0.15) is 0 Å². The lowest BCUT2D eigenvalue weighted by atomic mass is 10.2. The Balaban J connectivity index is 3.11. The molecular formula is C11H16ClNO3S.